The van der Waals surface area contributed by atoms with Crippen LogP contribution in [0.2, 0.25) is 0 Å². The van der Waals surface area contributed by atoms with Gasteiger partial charge in [-0.1, -0.05) is 45.0 Å². The molecule has 5 aliphatic rings. The standard InChI is InChI=1S/C53H63FN8O9S/c1-5-48(63)60-19-14-44(41(28-60)38-9-7-6-8-37(38)32(2)3)61-30-53(31-61)17-20-59(21-18-53)34-10-11-39(46(22-34)71-35-23-40-42(54)27-56-50(40)55-26-35)51(64)58-72(68,69)36-24-45(62(66)67)49-47(25-36)70-29-43(57-49)33-12-15-52(4,65)16-13-33/h6-11,22-27,32-33,41,43-44,57,65H,5,12-21,28-31H2,1-4H3,(H,55,56)(H,58,64)/t33?,41-,43-,44-,52?/m1/s1. The number of nitrogens with one attached hydrogen (secondary N) is 3. The zero-order chi connectivity index (χ0) is 50.7. The molecule has 3 saturated heterocycles. The van der Waals surface area contributed by atoms with Gasteiger partial charge in [0, 0.05) is 87.7 Å². The van der Waals surface area contributed by atoms with Crippen LogP contribution >= 0.6 is 0 Å². The molecule has 2 aromatic heterocycles. The van der Waals surface area contributed by atoms with Gasteiger partial charge in [-0.15, -0.1) is 0 Å². The molecule has 17 nitrogen and oxygen atoms in total. The average Bonchev–Trinajstić information content (AvgIpc) is 3.73. The molecule has 3 atom stereocenters. The van der Waals surface area contributed by atoms with E-state index in [4.69, 9.17) is 9.47 Å². The number of aliphatic hydroxyl groups is 1. The van der Waals surface area contributed by atoms with Crippen molar-refractivity contribution in [3.63, 3.8) is 0 Å². The van der Waals surface area contributed by atoms with Gasteiger partial charge in [-0.3, -0.25) is 24.6 Å². The number of aromatic nitrogens is 2. The first-order valence-corrected chi connectivity index (χ1v) is 26.7. The van der Waals surface area contributed by atoms with E-state index in [1.54, 1.807) is 19.1 Å². The van der Waals surface area contributed by atoms with Gasteiger partial charge < -0.3 is 34.7 Å². The van der Waals surface area contributed by atoms with Gasteiger partial charge in [0.25, 0.3) is 21.6 Å². The molecule has 0 unspecified atom stereocenters. The number of pyridine rings is 1. The van der Waals surface area contributed by atoms with Crippen LogP contribution in [0, 0.1) is 27.3 Å². The quantitative estimate of drug-likeness (QED) is 0.0683. The SMILES string of the molecule is CCC(=O)N1CC[C@@H](N2CC3(CCN(c4ccc(C(=O)NS(=O)(=O)c5cc6c(c([N+](=O)[O-])c5)N[C@@H](C5CCC(C)(O)CC5)CO6)c(Oc5cnc6[nH]cc(F)c6c5)c4)CC3)C2)[C@@H](c2ccccc2C(C)C)C1. The Kier molecular flexibility index (Phi) is 13.2. The fourth-order valence-electron chi connectivity index (χ4n) is 11.9. The van der Waals surface area contributed by atoms with Gasteiger partial charge in [0.2, 0.25) is 5.91 Å². The summed E-state index contributed by atoms with van der Waals surface area (Å²) in [5, 5.41) is 26.3. The Morgan fingerprint density at radius 3 is 2.51 bits per heavy atom. The Hall–Kier alpha value is -6.31. The predicted molar refractivity (Wildman–Crippen MR) is 270 cm³/mol. The van der Waals surface area contributed by atoms with Crippen molar-refractivity contribution in [3.8, 4) is 17.2 Å². The third-order valence-corrected chi connectivity index (χ3v) is 17.4. The molecule has 3 aromatic carbocycles. The van der Waals surface area contributed by atoms with Gasteiger partial charge in [-0.25, -0.2) is 22.5 Å². The van der Waals surface area contributed by atoms with Gasteiger partial charge in [0.05, 0.1) is 38.6 Å². The number of benzene rings is 3. The number of hydrogen-bond acceptors (Lipinski definition) is 13. The molecule has 4 fully saturated rings. The van der Waals surface area contributed by atoms with E-state index in [9.17, 15) is 37.6 Å². The molecule has 19 heteroatoms. The highest BCUT2D eigenvalue weighted by molar-refractivity contribution is 7.90. The van der Waals surface area contributed by atoms with Crippen LogP contribution in [-0.4, -0.2) is 114 Å². The van der Waals surface area contributed by atoms with Gasteiger partial charge in [0.1, 0.15) is 29.6 Å². The molecular weight excluding hydrogens is 944 g/mol. The molecule has 4 N–H and O–H groups in total. The fraction of sp³-hybridized carbons (Fsp3) is 0.491. The van der Waals surface area contributed by atoms with E-state index < -0.39 is 42.9 Å². The molecular formula is C53H63FN8O9S. The number of rotatable bonds is 12. The van der Waals surface area contributed by atoms with Crippen LogP contribution in [0.3, 0.4) is 0 Å². The molecule has 5 aromatic rings. The third kappa shape index (κ3) is 9.69. The van der Waals surface area contributed by atoms with Gasteiger partial charge in [-0.05, 0) is 98.4 Å². The summed E-state index contributed by atoms with van der Waals surface area (Å²) >= 11 is 0. The van der Waals surface area contributed by atoms with Crippen molar-refractivity contribution in [2.24, 2.45) is 11.3 Å². The van der Waals surface area contributed by atoms with Crippen LogP contribution < -0.4 is 24.4 Å². The minimum absolute atomic E-state index is 0.00719. The lowest BCUT2D eigenvalue weighted by molar-refractivity contribution is -0.384. The van der Waals surface area contributed by atoms with Crippen molar-refractivity contribution in [1.82, 2.24) is 24.5 Å². The zero-order valence-corrected chi connectivity index (χ0v) is 42.0. The van der Waals surface area contributed by atoms with Crippen LogP contribution in [0.1, 0.15) is 112 Å². The third-order valence-electron chi connectivity index (χ3n) is 16.1. The highest BCUT2D eigenvalue weighted by Gasteiger charge is 2.50. The summed E-state index contributed by atoms with van der Waals surface area (Å²) < 4.78 is 57.1. The number of halogens is 1. The van der Waals surface area contributed by atoms with E-state index >= 15 is 0 Å². The summed E-state index contributed by atoms with van der Waals surface area (Å²) in [5.74, 6) is -0.707. The second-order valence-electron chi connectivity index (χ2n) is 21.2. The van der Waals surface area contributed by atoms with Crippen LogP contribution in [-0.2, 0) is 14.8 Å². The normalized spacial score (nSPS) is 24.3. The van der Waals surface area contributed by atoms with Crippen LogP contribution in [0.15, 0.2) is 78.0 Å². The lowest BCUT2D eigenvalue weighted by Crippen LogP contribution is -2.65. The first kappa shape index (κ1) is 49.3. The second-order valence-corrected chi connectivity index (χ2v) is 22.9. The van der Waals surface area contributed by atoms with Crippen LogP contribution in [0.4, 0.5) is 21.5 Å². The highest BCUT2D eigenvalue weighted by Crippen LogP contribution is 2.48. The molecule has 1 spiro atoms. The number of H-pyrrole nitrogens is 1. The van der Waals surface area contributed by atoms with E-state index in [2.05, 4.69) is 67.9 Å². The van der Waals surface area contributed by atoms with Gasteiger partial charge in [-0.2, -0.15) is 0 Å². The number of carbonyl (C=O) groups excluding carboxylic acids is 2. The number of carbonyl (C=O) groups is 2. The smallest absolute Gasteiger partial charge is 0.297 e. The highest BCUT2D eigenvalue weighted by atomic mass is 32.2. The van der Waals surface area contributed by atoms with E-state index in [1.807, 2.05) is 11.8 Å². The van der Waals surface area contributed by atoms with Crippen molar-refractivity contribution in [1.29, 1.82) is 0 Å². The second kappa shape index (κ2) is 19.3. The Morgan fingerprint density at radius 2 is 1.79 bits per heavy atom. The van der Waals surface area contributed by atoms with Crippen molar-refractivity contribution in [2.45, 2.75) is 113 Å². The molecule has 4 aliphatic heterocycles. The number of hydrogen-bond donors (Lipinski definition) is 4. The minimum atomic E-state index is -4.74. The van der Waals surface area contributed by atoms with Crippen molar-refractivity contribution < 1.29 is 41.9 Å². The monoisotopic (exact) mass is 1010 g/mol. The molecule has 382 valence electrons. The number of nitrogens with zero attached hydrogens (tertiary/aromatic N) is 5. The maximum absolute atomic E-state index is 14.7. The number of aromatic amines is 1. The van der Waals surface area contributed by atoms with Crippen molar-refractivity contribution in [2.75, 3.05) is 56.1 Å². The van der Waals surface area contributed by atoms with E-state index in [1.165, 1.54) is 35.7 Å². The van der Waals surface area contributed by atoms with Crippen molar-refractivity contribution >= 4 is 49.9 Å². The lowest BCUT2D eigenvalue weighted by Gasteiger charge is -2.59. The van der Waals surface area contributed by atoms with Gasteiger partial charge >= 0.3 is 0 Å². The Morgan fingerprint density at radius 1 is 1.04 bits per heavy atom. The summed E-state index contributed by atoms with van der Waals surface area (Å²) in [5.41, 5.74) is 2.41. The van der Waals surface area contributed by atoms with Crippen LogP contribution in [0.25, 0.3) is 11.0 Å². The van der Waals surface area contributed by atoms with E-state index in [0.29, 0.717) is 56.3 Å². The average molecular weight is 1010 g/mol. The largest absolute Gasteiger partial charge is 0.489 e. The number of likely N-dealkylation sites (tertiary alicyclic amines) is 2. The number of nitro groups is 1. The molecule has 72 heavy (non-hydrogen) atoms. The summed E-state index contributed by atoms with van der Waals surface area (Å²) in [7, 11) is -4.74. The zero-order valence-electron chi connectivity index (χ0n) is 41.2. The maximum atomic E-state index is 14.7. The maximum Gasteiger partial charge on any atom is 0.297 e. The molecule has 1 saturated carbocycles. The molecule has 6 heterocycles. The molecule has 1 aliphatic carbocycles. The summed E-state index contributed by atoms with van der Waals surface area (Å²) in [6.45, 7) is 13.1. The number of fused-ring (bicyclic) bond motifs is 2. The summed E-state index contributed by atoms with van der Waals surface area (Å²) in [4.78, 5) is 52.2. The minimum Gasteiger partial charge on any atom is -0.489 e. The molecule has 0 radical (unpaired) electrons. The van der Waals surface area contributed by atoms with Gasteiger partial charge in [0.15, 0.2) is 11.4 Å². The Bertz CT molecular complexity index is 3010. The summed E-state index contributed by atoms with van der Waals surface area (Å²) in [6, 6.07) is 17.1. The first-order chi connectivity index (χ1) is 34.4. The van der Waals surface area contributed by atoms with Crippen molar-refractivity contribution in [3.05, 3.63) is 106 Å². The Labute approximate surface area is 418 Å². The van der Waals surface area contributed by atoms with E-state index in [0.717, 1.165) is 69.8 Å². The van der Waals surface area contributed by atoms with E-state index in [-0.39, 0.29) is 69.7 Å². The first-order valence-electron chi connectivity index (χ1n) is 25.2. The number of piperidine rings is 2. The van der Waals surface area contributed by atoms with Crippen LogP contribution in [0.5, 0.6) is 17.2 Å². The molecule has 2 amide bonds. The number of anilines is 2. The number of nitro benzene ring substituents is 1. The summed E-state index contributed by atoms with van der Waals surface area (Å²) in [6.07, 6.45) is 8.33. The molecule has 0 bridgehead atoms. The lowest BCUT2D eigenvalue weighted by atomic mass is 9.69. The number of ether oxygens (including phenoxy) is 2. The predicted octanol–water partition coefficient (Wildman–Crippen LogP) is 8.46. The fourth-order valence-corrected chi connectivity index (χ4v) is 12.9. The molecule has 10 rings (SSSR count). The Balaban J connectivity index is 0.863. The number of sulfonamides is 1. The topological polar surface area (TPSA) is 213 Å². The number of amides is 2.